The van der Waals surface area contributed by atoms with Crippen LogP contribution in [0.2, 0.25) is 0 Å². The van der Waals surface area contributed by atoms with E-state index in [1.165, 1.54) is 0 Å². The van der Waals surface area contributed by atoms with Crippen molar-refractivity contribution < 1.29 is 0 Å². The predicted octanol–water partition coefficient (Wildman–Crippen LogP) is 2.92. The van der Waals surface area contributed by atoms with Gasteiger partial charge in [0.25, 0.3) is 0 Å². The van der Waals surface area contributed by atoms with E-state index in [1.54, 1.807) is 0 Å². The lowest BCUT2D eigenvalue weighted by Crippen LogP contribution is -2.00. The van der Waals surface area contributed by atoms with E-state index in [-0.39, 0.29) is 0 Å². The van der Waals surface area contributed by atoms with E-state index in [9.17, 15) is 0 Å². The van der Waals surface area contributed by atoms with E-state index in [0.29, 0.717) is 6.04 Å². The molecule has 3 rings (SSSR count). The lowest BCUT2D eigenvalue weighted by molar-refractivity contribution is 0.532. The fourth-order valence-electron chi connectivity index (χ4n) is 2.33. The van der Waals surface area contributed by atoms with Crippen LogP contribution in [0.25, 0.3) is 22.6 Å². The third-order valence-electron chi connectivity index (χ3n) is 3.40. The summed E-state index contributed by atoms with van der Waals surface area (Å²) < 4.78 is 3.91. The van der Waals surface area contributed by atoms with Gasteiger partial charge in [-0.25, -0.2) is 9.67 Å². The van der Waals surface area contributed by atoms with Gasteiger partial charge in [0.2, 0.25) is 0 Å². The van der Waals surface area contributed by atoms with E-state index in [0.717, 1.165) is 41.2 Å². The van der Waals surface area contributed by atoms with Gasteiger partial charge in [-0.15, -0.1) is 0 Å². The second-order valence-corrected chi connectivity index (χ2v) is 5.40. The van der Waals surface area contributed by atoms with E-state index in [4.69, 9.17) is 0 Å². The molecule has 3 heterocycles. The molecule has 0 aromatic carbocycles. The smallest absolute Gasteiger partial charge is 0.177 e. The van der Waals surface area contributed by atoms with Gasteiger partial charge in [0, 0.05) is 18.8 Å². The number of rotatable bonds is 4. The molecule has 0 saturated carbocycles. The van der Waals surface area contributed by atoms with Crippen LogP contribution in [0.1, 0.15) is 38.9 Å². The SMILES string of the molecule is CCCn1nc(C)c2[nH]c(-c3cnn(C(C)C)c3)nc21. The first-order chi connectivity index (χ1) is 9.60. The lowest BCUT2D eigenvalue weighted by atomic mass is 10.3. The van der Waals surface area contributed by atoms with Gasteiger partial charge in [-0.1, -0.05) is 6.92 Å². The molecule has 0 aliphatic rings. The van der Waals surface area contributed by atoms with Crippen molar-refractivity contribution in [1.29, 1.82) is 0 Å². The number of fused-ring (bicyclic) bond motifs is 1. The topological polar surface area (TPSA) is 64.3 Å². The number of hydrogen-bond acceptors (Lipinski definition) is 3. The molecule has 0 bridgehead atoms. The van der Waals surface area contributed by atoms with Crippen molar-refractivity contribution in [2.45, 2.75) is 46.7 Å². The van der Waals surface area contributed by atoms with Crippen molar-refractivity contribution >= 4 is 11.2 Å². The third-order valence-corrected chi connectivity index (χ3v) is 3.40. The highest BCUT2D eigenvalue weighted by atomic mass is 15.3. The molecule has 3 aromatic heterocycles. The summed E-state index contributed by atoms with van der Waals surface area (Å²) >= 11 is 0. The number of nitrogens with zero attached hydrogens (tertiary/aromatic N) is 5. The van der Waals surface area contributed by atoms with Gasteiger partial charge >= 0.3 is 0 Å². The molecule has 0 spiro atoms. The van der Waals surface area contributed by atoms with Gasteiger partial charge in [-0.2, -0.15) is 10.2 Å². The van der Waals surface area contributed by atoms with E-state index >= 15 is 0 Å². The van der Waals surface area contributed by atoms with Gasteiger partial charge < -0.3 is 4.98 Å². The summed E-state index contributed by atoms with van der Waals surface area (Å²) in [7, 11) is 0. The Kier molecular flexibility index (Phi) is 3.08. The Hall–Kier alpha value is -2.11. The van der Waals surface area contributed by atoms with E-state index in [2.05, 4.69) is 40.9 Å². The third kappa shape index (κ3) is 2.01. The molecule has 0 atom stereocenters. The van der Waals surface area contributed by atoms with Crippen LogP contribution in [0.4, 0.5) is 0 Å². The molecule has 0 saturated heterocycles. The summed E-state index contributed by atoms with van der Waals surface area (Å²) in [6.07, 6.45) is 4.92. The zero-order chi connectivity index (χ0) is 14.3. The predicted molar refractivity (Wildman–Crippen MR) is 78.5 cm³/mol. The van der Waals surface area contributed by atoms with Crippen molar-refractivity contribution in [3.8, 4) is 11.4 Å². The minimum Gasteiger partial charge on any atom is -0.335 e. The summed E-state index contributed by atoms with van der Waals surface area (Å²) in [6.45, 7) is 9.26. The normalized spacial score (nSPS) is 11.8. The van der Waals surface area contributed by atoms with Crippen LogP contribution < -0.4 is 0 Å². The molecule has 6 heteroatoms. The Morgan fingerprint density at radius 2 is 2.15 bits per heavy atom. The summed E-state index contributed by atoms with van der Waals surface area (Å²) in [5.74, 6) is 0.859. The van der Waals surface area contributed by atoms with Crippen LogP contribution in [0.15, 0.2) is 12.4 Å². The summed E-state index contributed by atoms with van der Waals surface area (Å²) in [5, 5.41) is 8.87. The molecule has 0 unspecified atom stereocenters. The Morgan fingerprint density at radius 1 is 1.35 bits per heavy atom. The Balaban J connectivity index is 2.05. The van der Waals surface area contributed by atoms with Gasteiger partial charge in [0.15, 0.2) is 5.65 Å². The number of nitrogens with one attached hydrogen (secondary N) is 1. The highest BCUT2D eigenvalue weighted by Crippen LogP contribution is 2.23. The molecule has 1 N–H and O–H groups in total. The number of aromatic nitrogens is 6. The maximum Gasteiger partial charge on any atom is 0.177 e. The number of hydrogen-bond donors (Lipinski definition) is 1. The van der Waals surface area contributed by atoms with Gasteiger partial charge in [-0.05, 0) is 27.2 Å². The number of imidazole rings is 1. The molecule has 0 aliphatic carbocycles. The van der Waals surface area contributed by atoms with Crippen molar-refractivity contribution in [2.75, 3.05) is 0 Å². The molecule has 0 aliphatic heterocycles. The highest BCUT2D eigenvalue weighted by Gasteiger charge is 2.14. The highest BCUT2D eigenvalue weighted by molar-refractivity contribution is 5.78. The fraction of sp³-hybridized carbons (Fsp3) is 0.500. The molecule has 0 amide bonds. The number of aryl methyl sites for hydroxylation is 2. The molecule has 0 fully saturated rings. The van der Waals surface area contributed by atoms with Gasteiger partial charge in [-0.3, -0.25) is 4.68 Å². The first-order valence-corrected chi connectivity index (χ1v) is 7.07. The van der Waals surface area contributed by atoms with Crippen LogP contribution >= 0.6 is 0 Å². The molecule has 106 valence electrons. The average Bonchev–Trinajstić information content (AvgIpc) is 3.08. The van der Waals surface area contributed by atoms with Crippen molar-refractivity contribution in [1.82, 2.24) is 29.5 Å². The van der Waals surface area contributed by atoms with Crippen LogP contribution in [-0.2, 0) is 6.54 Å². The van der Waals surface area contributed by atoms with Crippen LogP contribution in [0.3, 0.4) is 0 Å². The van der Waals surface area contributed by atoms with Crippen LogP contribution in [0, 0.1) is 6.92 Å². The summed E-state index contributed by atoms with van der Waals surface area (Å²) in [4.78, 5) is 8.05. The maximum atomic E-state index is 4.69. The second-order valence-electron chi connectivity index (χ2n) is 5.40. The van der Waals surface area contributed by atoms with Crippen molar-refractivity contribution in [2.24, 2.45) is 0 Å². The number of aromatic amines is 1. The Labute approximate surface area is 117 Å². The van der Waals surface area contributed by atoms with Gasteiger partial charge in [0.05, 0.1) is 17.5 Å². The van der Waals surface area contributed by atoms with E-state index in [1.807, 2.05) is 28.7 Å². The second kappa shape index (κ2) is 4.77. The molecule has 3 aromatic rings. The molecule has 6 nitrogen and oxygen atoms in total. The Morgan fingerprint density at radius 3 is 2.80 bits per heavy atom. The van der Waals surface area contributed by atoms with Crippen LogP contribution in [-0.4, -0.2) is 29.5 Å². The first kappa shape index (κ1) is 12.9. The zero-order valence-corrected chi connectivity index (χ0v) is 12.4. The number of H-pyrrole nitrogens is 1. The monoisotopic (exact) mass is 272 g/mol. The molecular formula is C14H20N6. The minimum atomic E-state index is 0.352. The van der Waals surface area contributed by atoms with Crippen molar-refractivity contribution in [3.05, 3.63) is 18.1 Å². The molecule has 20 heavy (non-hydrogen) atoms. The van der Waals surface area contributed by atoms with Crippen LogP contribution in [0.5, 0.6) is 0 Å². The zero-order valence-electron chi connectivity index (χ0n) is 12.4. The maximum absolute atomic E-state index is 4.69. The molecular weight excluding hydrogens is 252 g/mol. The van der Waals surface area contributed by atoms with Gasteiger partial charge in [0.1, 0.15) is 11.3 Å². The standard InChI is InChI=1S/C14H20N6/c1-5-6-19-14-12(10(4)18-19)16-13(17-14)11-7-15-20(8-11)9(2)3/h7-9H,5-6H2,1-4H3,(H,16,17). The van der Waals surface area contributed by atoms with Crippen molar-refractivity contribution in [3.63, 3.8) is 0 Å². The van der Waals surface area contributed by atoms with E-state index < -0.39 is 0 Å². The first-order valence-electron chi connectivity index (χ1n) is 7.07. The lowest BCUT2D eigenvalue weighted by Gasteiger charge is -2.02. The molecule has 0 radical (unpaired) electrons. The summed E-state index contributed by atoms with van der Waals surface area (Å²) in [6, 6.07) is 0.352. The minimum absolute atomic E-state index is 0.352. The average molecular weight is 272 g/mol. The quantitative estimate of drug-likeness (QED) is 0.794. The Bertz CT molecular complexity index is 730. The fourth-order valence-corrected chi connectivity index (χ4v) is 2.33. The largest absolute Gasteiger partial charge is 0.335 e. The summed E-state index contributed by atoms with van der Waals surface area (Å²) in [5.41, 5.74) is 3.95.